The van der Waals surface area contributed by atoms with Crippen LogP contribution in [0.3, 0.4) is 0 Å². The van der Waals surface area contributed by atoms with Gasteiger partial charge >= 0.3 is 0 Å². The Morgan fingerprint density at radius 2 is 2.00 bits per heavy atom. The molecule has 1 fully saturated rings. The molecule has 1 heterocycles. The van der Waals surface area contributed by atoms with Gasteiger partial charge in [0.25, 0.3) is 0 Å². The fourth-order valence-corrected chi connectivity index (χ4v) is 2.21. The molecule has 0 aromatic heterocycles. The third-order valence-electron chi connectivity index (χ3n) is 2.97. The van der Waals surface area contributed by atoms with Crippen LogP contribution < -0.4 is 5.32 Å². The van der Waals surface area contributed by atoms with E-state index in [9.17, 15) is 0 Å². The Kier molecular flexibility index (Phi) is 2.67. The van der Waals surface area contributed by atoms with Gasteiger partial charge in [-0.2, -0.15) is 0 Å². The van der Waals surface area contributed by atoms with Crippen molar-refractivity contribution in [3.8, 4) is 0 Å². The van der Waals surface area contributed by atoms with Crippen LogP contribution in [-0.2, 0) is 0 Å². The van der Waals surface area contributed by atoms with Crippen molar-refractivity contribution in [1.29, 1.82) is 0 Å². The standard InChI is InChI=1S/C11H18N2/c1-9-5-4-8-12-11(13-9)10-6-2-3-7-10/h10H,1-8H2,(H,12,13). The summed E-state index contributed by atoms with van der Waals surface area (Å²) in [5.74, 6) is 1.93. The lowest BCUT2D eigenvalue weighted by molar-refractivity contribution is 0.685. The number of nitrogens with zero attached hydrogens (tertiary/aromatic N) is 1. The highest BCUT2D eigenvalue weighted by Gasteiger charge is 2.21. The maximum absolute atomic E-state index is 4.57. The Labute approximate surface area is 80.1 Å². The van der Waals surface area contributed by atoms with Crippen molar-refractivity contribution in [2.75, 3.05) is 6.54 Å². The third-order valence-corrected chi connectivity index (χ3v) is 2.97. The highest BCUT2D eigenvalue weighted by molar-refractivity contribution is 5.85. The van der Waals surface area contributed by atoms with Crippen molar-refractivity contribution in [3.05, 3.63) is 12.3 Å². The van der Waals surface area contributed by atoms with Gasteiger partial charge in [-0.3, -0.25) is 0 Å². The van der Waals surface area contributed by atoms with Gasteiger partial charge in [0.2, 0.25) is 0 Å². The minimum Gasteiger partial charge on any atom is -0.373 e. The topological polar surface area (TPSA) is 24.4 Å². The summed E-state index contributed by atoms with van der Waals surface area (Å²) in [6, 6.07) is 0. The van der Waals surface area contributed by atoms with Crippen molar-refractivity contribution in [2.45, 2.75) is 38.5 Å². The normalized spacial score (nSPS) is 25.2. The van der Waals surface area contributed by atoms with Gasteiger partial charge in [0, 0.05) is 18.2 Å². The molecule has 2 nitrogen and oxygen atoms in total. The quantitative estimate of drug-likeness (QED) is 0.655. The van der Waals surface area contributed by atoms with Crippen LogP contribution in [-0.4, -0.2) is 12.4 Å². The maximum atomic E-state index is 4.57. The molecule has 1 aliphatic heterocycles. The van der Waals surface area contributed by atoms with Gasteiger partial charge in [0.15, 0.2) is 0 Å². The van der Waals surface area contributed by atoms with Gasteiger partial charge in [-0.25, -0.2) is 4.99 Å². The summed E-state index contributed by atoms with van der Waals surface area (Å²) in [5, 5.41) is 3.44. The van der Waals surface area contributed by atoms with Gasteiger partial charge < -0.3 is 5.32 Å². The van der Waals surface area contributed by atoms with E-state index in [2.05, 4.69) is 16.9 Å². The van der Waals surface area contributed by atoms with Gasteiger partial charge in [0.1, 0.15) is 5.84 Å². The molecule has 0 aromatic rings. The van der Waals surface area contributed by atoms with E-state index in [0.717, 1.165) is 18.7 Å². The molecule has 0 unspecified atom stereocenters. The van der Waals surface area contributed by atoms with Crippen LogP contribution in [0.1, 0.15) is 38.5 Å². The highest BCUT2D eigenvalue weighted by atomic mass is 15.0. The third kappa shape index (κ3) is 2.11. The van der Waals surface area contributed by atoms with Crippen LogP contribution in [0.5, 0.6) is 0 Å². The summed E-state index contributed by atoms with van der Waals surface area (Å²) in [7, 11) is 0. The van der Waals surface area contributed by atoms with Gasteiger partial charge in [-0.1, -0.05) is 19.4 Å². The van der Waals surface area contributed by atoms with Crippen LogP contribution in [0.2, 0.25) is 0 Å². The van der Waals surface area contributed by atoms with Crippen LogP contribution in [0.4, 0.5) is 0 Å². The number of allylic oxidation sites excluding steroid dienone is 1. The molecule has 72 valence electrons. The number of aliphatic imine (C=N–C) groups is 1. The minimum absolute atomic E-state index is 0.704. The molecule has 1 saturated carbocycles. The fraction of sp³-hybridized carbons (Fsp3) is 0.727. The average Bonchev–Trinajstić information content (AvgIpc) is 2.56. The van der Waals surface area contributed by atoms with Crippen molar-refractivity contribution in [2.24, 2.45) is 10.9 Å². The molecule has 2 heteroatoms. The summed E-state index contributed by atoms with van der Waals surface area (Å²) < 4.78 is 0. The SMILES string of the molecule is C=C1CCCNC(C2CCCC2)=N1. The van der Waals surface area contributed by atoms with Crippen molar-refractivity contribution >= 4 is 5.84 Å². The number of rotatable bonds is 1. The molecule has 2 rings (SSSR count). The molecule has 0 amide bonds. The predicted octanol–water partition coefficient (Wildman–Crippen LogP) is 2.47. The first kappa shape index (κ1) is 8.79. The van der Waals surface area contributed by atoms with E-state index in [0.29, 0.717) is 5.92 Å². The molecule has 0 spiro atoms. The van der Waals surface area contributed by atoms with Crippen molar-refractivity contribution in [3.63, 3.8) is 0 Å². The summed E-state index contributed by atoms with van der Waals surface area (Å²) >= 11 is 0. The molecule has 0 atom stereocenters. The summed E-state index contributed by atoms with van der Waals surface area (Å²) in [4.78, 5) is 4.57. The summed E-state index contributed by atoms with van der Waals surface area (Å²) in [6.45, 7) is 5.05. The molecular formula is C11H18N2. The molecule has 2 aliphatic rings. The molecular weight excluding hydrogens is 160 g/mol. The van der Waals surface area contributed by atoms with E-state index in [1.165, 1.54) is 37.9 Å². The number of nitrogens with one attached hydrogen (secondary N) is 1. The first-order chi connectivity index (χ1) is 6.36. The van der Waals surface area contributed by atoms with Gasteiger partial charge in [-0.05, 0) is 25.7 Å². The Morgan fingerprint density at radius 3 is 2.77 bits per heavy atom. The van der Waals surface area contributed by atoms with Gasteiger partial charge in [-0.15, -0.1) is 0 Å². The maximum Gasteiger partial charge on any atom is 0.105 e. The molecule has 1 N–H and O–H groups in total. The Bertz CT molecular complexity index is 224. The molecule has 0 radical (unpaired) electrons. The predicted molar refractivity (Wildman–Crippen MR) is 55.8 cm³/mol. The van der Waals surface area contributed by atoms with E-state index < -0.39 is 0 Å². The van der Waals surface area contributed by atoms with E-state index in [1.807, 2.05) is 0 Å². The van der Waals surface area contributed by atoms with Crippen LogP contribution >= 0.6 is 0 Å². The molecule has 0 bridgehead atoms. The molecule has 1 aliphatic carbocycles. The zero-order valence-corrected chi connectivity index (χ0v) is 8.18. The van der Waals surface area contributed by atoms with E-state index in [1.54, 1.807) is 0 Å². The fourth-order valence-electron chi connectivity index (χ4n) is 2.21. The second-order valence-electron chi connectivity index (χ2n) is 4.07. The average molecular weight is 178 g/mol. The minimum atomic E-state index is 0.704. The van der Waals surface area contributed by atoms with E-state index in [-0.39, 0.29) is 0 Å². The zero-order valence-electron chi connectivity index (χ0n) is 8.18. The van der Waals surface area contributed by atoms with Crippen molar-refractivity contribution < 1.29 is 0 Å². The second-order valence-corrected chi connectivity index (χ2v) is 4.07. The molecule has 0 saturated heterocycles. The number of hydrogen-bond donors (Lipinski definition) is 1. The molecule has 0 aromatic carbocycles. The number of hydrogen-bond acceptors (Lipinski definition) is 2. The first-order valence-corrected chi connectivity index (χ1v) is 5.36. The lowest BCUT2D eigenvalue weighted by Crippen LogP contribution is -2.29. The summed E-state index contributed by atoms with van der Waals surface area (Å²) in [5.41, 5.74) is 1.06. The summed E-state index contributed by atoms with van der Waals surface area (Å²) in [6.07, 6.45) is 7.62. The smallest absolute Gasteiger partial charge is 0.105 e. The first-order valence-electron chi connectivity index (χ1n) is 5.36. The van der Waals surface area contributed by atoms with E-state index in [4.69, 9.17) is 0 Å². The second kappa shape index (κ2) is 3.95. The largest absolute Gasteiger partial charge is 0.373 e. The number of amidine groups is 1. The lowest BCUT2D eigenvalue weighted by Gasteiger charge is -2.12. The van der Waals surface area contributed by atoms with Gasteiger partial charge in [0.05, 0.1) is 0 Å². The van der Waals surface area contributed by atoms with Crippen LogP contribution in [0.15, 0.2) is 17.3 Å². The van der Waals surface area contributed by atoms with Crippen LogP contribution in [0.25, 0.3) is 0 Å². The van der Waals surface area contributed by atoms with Crippen LogP contribution in [0, 0.1) is 5.92 Å². The molecule has 13 heavy (non-hydrogen) atoms. The van der Waals surface area contributed by atoms with E-state index >= 15 is 0 Å². The Hall–Kier alpha value is -0.790. The Balaban J connectivity index is 2.05. The van der Waals surface area contributed by atoms with Crippen molar-refractivity contribution in [1.82, 2.24) is 5.32 Å². The Morgan fingerprint density at radius 1 is 1.23 bits per heavy atom. The lowest BCUT2D eigenvalue weighted by atomic mass is 10.1. The zero-order chi connectivity index (χ0) is 9.10. The highest BCUT2D eigenvalue weighted by Crippen LogP contribution is 2.26. The monoisotopic (exact) mass is 178 g/mol.